The molecule has 0 unspecified atom stereocenters. The molecule has 2 aromatic heterocycles. The second-order valence-electron chi connectivity index (χ2n) is 8.49. The predicted molar refractivity (Wildman–Crippen MR) is 138 cm³/mol. The van der Waals surface area contributed by atoms with E-state index in [1.807, 2.05) is 30.3 Å². The summed E-state index contributed by atoms with van der Waals surface area (Å²) in [6.07, 6.45) is 0.834. The molecular weight excluding hydrogens is 441 g/mol. The van der Waals surface area contributed by atoms with Crippen LogP contribution in [0.2, 0.25) is 0 Å². The zero-order valence-corrected chi connectivity index (χ0v) is 19.3. The van der Waals surface area contributed by atoms with Gasteiger partial charge in [-0.3, -0.25) is 0 Å². The summed E-state index contributed by atoms with van der Waals surface area (Å²) in [7, 11) is 1.70. The maximum absolute atomic E-state index is 13.8. The molecule has 0 saturated carbocycles. The van der Waals surface area contributed by atoms with Crippen LogP contribution in [0.5, 0.6) is 5.75 Å². The first-order chi connectivity index (χ1) is 17.2. The van der Waals surface area contributed by atoms with E-state index in [1.54, 1.807) is 13.2 Å². The minimum absolute atomic E-state index is 0.285. The number of nitrogens with one attached hydrogen (secondary N) is 1. The van der Waals surface area contributed by atoms with Crippen molar-refractivity contribution in [3.05, 3.63) is 90.7 Å². The molecule has 35 heavy (non-hydrogen) atoms. The summed E-state index contributed by atoms with van der Waals surface area (Å²) in [6.45, 7) is 1.27. The van der Waals surface area contributed by atoms with E-state index in [0.717, 1.165) is 50.7 Å². The van der Waals surface area contributed by atoms with Gasteiger partial charge in [0, 0.05) is 48.2 Å². The normalized spacial score (nSPS) is 11.6. The van der Waals surface area contributed by atoms with E-state index in [4.69, 9.17) is 14.5 Å². The molecule has 0 spiro atoms. The largest absolute Gasteiger partial charge is 0.493 e. The van der Waals surface area contributed by atoms with E-state index >= 15 is 0 Å². The Kier molecular flexibility index (Phi) is 5.43. The van der Waals surface area contributed by atoms with Gasteiger partial charge in [0.2, 0.25) is 0 Å². The molecule has 6 aromatic rings. The fraction of sp³-hybridized carbons (Fsp3) is 0.138. The Hall–Kier alpha value is -4.16. The number of rotatable bonds is 7. The first-order valence-electron chi connectivity index (χ1n) is 11.6. The molecule has 5 nitrogen and oxygen atoms in total. The molecule has 4 aromatic carbocycles. The van der Waals surface area contributed by atoms with Gasteiger partial charge in [0.25, 0.3) is 0 Å². The van der Waals surface area contributed by atoms with Crippen LogP contribution in [-0.2, 0) is 4.74 Å². The number of H-pyrrole nitrogens is 1. The van der Waals surface area contributed by atoms with Crippen LogP contribution in [0, 0.1) is 5.82 Å². The molecule has 6 rings (SSSR count). The Bertz CT molecular complexity index is 1670. The second kappa shape index (κ2) is 8.89. The lowest BCUT2D eigenvalue weighted by atomic mass is 10.1. The van der Waals surface area contributed by atoms with Gasteiger partial charge in [-0.15, -0.1) is 0 Å². The lowest BCUT2D eigenvalue weighted by Crippen LogP contribution is -2.02. The molecule has 174 valence electrons. The molecule has 1 N–H and O–H groups in total. The number of aromatic nitrogens is 3. The smallest absolute Gasteiger partial charge is 0.139 e. The zero-order chi connectivity index (χ0) is 23.8. The van der Waals surface area contributed by atoms with Crippen LogP contribution in [0.25, 0.3) is 49.9 Å². The van der Waals surface area contributed by atoms with Gasteiger partial charge in [-0.25, -0.2) is 9.37 Å². The average molecular weight is 466 g/mol. The second-order valence-corrected chi connectivity index (χ2v) is 8.49. The van der Waals surface area contributed by atoms with E-state index < -0.39 is 0 Å². The van der Waals surface area contributed by atoms with Gasteiger partial charge in [0.15, 0.2) is 0 Å². The number of para-hydroxylation sites is 1. The molecular formula is C29H24FN3O2. The van der Waals surface area contributed by atoms with Crippen LogP contribution < -0.4 is 4.74 Å². The highest BCUT2D eigenvalue weighted by molar-refractivity contribution is 6.15. The number of hydrogen-bond acceptors (Lipinski definition) is 3. The van der Waals surface area contributed by atoms with E-state index in [0.29, 0.717) is 24.6 Å². The maximum Gasteiger partial charge on any atom is 0.139 e. The van der Waals surface area contributed by atoms with Crippen LogP contribution in [0.4, 0.5) is 4.39 Å². The third-order valence-electron chi connectivity index (χ3n) is 6.23. The minimum atomic E-state index is -0.285. The van der Waals surface area contributed by atoms with Crippen molar-refractivity contribution in [3.8, 4) is 22.8 Å². The van der Waals surface area contributed by atoms with Crippen molar-refractivity contribution in [1.29, 1.82) is 0 Å². The number of ether oxygens (including phenoxy) is 2. The summed E-state index contributed by atoms with van der Waals surface area (Å²) < 4.78 is 27.1. The number of imidazole rings is 1. The predicted octanol–water partition coefficient (Wildman–Crippen LogP) is 6.88. The van der Waals surface area contributed by atoms with Crippen LogP contribution >= 0.6 is 0 Å². The zero-order valence-electron chi connectivity index (χ0n) is 19.3. The fourth-order valence-corrected chi connectivity index (χ4v) is 4.71. The summed E-state index contributed by atoms with van der Waals surface area (Å²) in [5.74, 6) is 1.25. The third kappa shape index (κ3) is 3.82. The molecule has 0 aliphatic rings. The van der Waals surface area contributed by atoms with Crippen LogP contribution in [0.15, 0.2) is 84.9 Å². The molecule has 0 fully saturated rings. The van der Waals surface area contributed by atoms with Gasteiger partial charge in [0.1, 0.15) is 17.4 Å². The van der Waals surface area contributed by atoms with Crippen molar-refractivity contribution in [2.24, 2.45) is 0 Å². The van der Waals surface area contributed by atoms with Gasteiger partial charge < -0.3 is 19.0 Å². The Morgan fingerprint density at radius 1 is 0.886 bits per heavy atom. The fourth-order valence-electron chi connectivity index (χ4n) is 4.71. The summed E-state index contributed by atoms with van der Waals surface area (Å²) >= 11 is 0. The van der Waals surface area contributed by atoms with Gasteiger partial charge in [-0.2, -0.15) is 0 Å². The summed E-state index contributed by atoms with van der Waals surface area (Å²) in [5.41, 5.74) is 5.56. The first-order valence-corrected chi connectivity index (χ1v) is 11.6. The highest BCUT2D eigenvalue weighted by Crippen LogP contribution is 2.38. The van der Waals surface area contributed by atoms with Gasteiger partial charge in [-0.1, -0.05) is 36.4 Å². The Labute approximate surface area is 201 Å². The number of hydrogen-bond donors (Lipinski definition) is 1. The Balaban J connectivity index is 1.53. The number of methoxy groups -OCH3 is 1. The summed E-state index contributed by atoms with van der Waals surface area (Å²) in [5, 5.41) is 2.21. The van der Waals surface area contributed by atoms with Gasteiger partial charge >= 0.3 is 0 Å². The van der Waals surface area contributed by atoms with E-state index in [-0.39, 0.29) is 5.82 Å². The summed E-state index contributed by atoms with van der Waals surface area (Å²) in [4.78, 5) is 8.07. The van der Waals surface area contributed by atoms with Crippen molar-refractivity contribution < 1.29 is 13.9 Å². The molecule has 2 heterocycles. The molecule has 0 amide bonds. The number of benzene rings is 4. The highest BCUT2D eigenvalue weighted by atomic mass is 19.1. The number of fused-ring (bicyclic) bond motifs is 4. The van der Waals surface area contributed by atoms with Crippen LogP contribution in [0.1, 0.15) is 6.42 Å². The average Bonchev–Trinajstić information content (AvgIpc) is 3.45. The molecule has 6 heteroatoms. The highest BCUT2D eigenvalue weighted by Gasteiger charge is 2.18. The van der Waals surface area contributed by atoms with E-state index in [1.165, 1.54) is 12.1 Å². The van der Waals surface area contributed by atoms with Crippen molar-refractivity contribution >= 4 is 32.8 Å². The molecule has 0 aliphatic heterocycles. The number of halogens is 1. The van der Waals surface area contributed by atoms with Gasteiger partial charge in [-0.05, 0) is 42.5 Å². The summed E-state index contributed by atoms with van der Waals surface area (Å²) in [6, 6.07) is 27.3. The van der Waals surface area contributed by atoms with Crippen molar-refractivity contribution in [2.75, 3.05) is 20.3 Å². The number of aromatic amines is 1. The lowest BCUT2D eigenvalue weighted by molar-refractivity contribution is 0.172. The quantitative estimate of drug-likeness (QED) is 0.262. The van der Waals surface area contributed by atoms with Crippen molar-refractivity contribution in [1.82, 2.24) is 14.5 Å². The van der Waals surface area contributed by atoms with Crippen LogP contribution in [-0.4, -0.2) is 34.9 Å². The van der Waals surface area contributed by atoms with Crippen molar-refractivity contribution in [3.63, 3.8) is 0 Å². The standard InChI is InChI=1S/C29H24FN3O2/c1-34-15-6-16-35-21-8-4-7-20(18-21)33-26-11-3-2-9-22(26)28-23(10-5-12-27(28)33)29-31-24-14-13-19(30)17-25(24)32-29/h2-5,7-14,17-18H,6,15-16H2,1H3,(H,31,32). The van der Waals surface area contributed by atoms with Crippen LogP contribution in [0.3, 0.4) is 0 Å². The molecule has 0 atom stereocenters. The van der Waals surface area contributed by atoms with E-state index in [2.05, 4.69) is 45.9 Å². The molecule has 0 radical (unpaired) electrons. The Morgan fingerprint density at radius 3 is 2.66 bits per heavy atom. The molecule has 0 saturated heterocycles. The molecule has 0 aliphatic carbocycles. The molecule has 0 bridgehead atoms. The van der Waals surface area contributed by atoms with Gasteiger partial charge in [0.05, 0.1) is 28.7 Å². The topological polar surface area (TPSA) is 52.1 Å². The lowest BCUT2D eigenvalue weighted by Gasteiger charge is -2.11. The monoisotopic (exact) mass is 465 g/mol. The number of nitrogens with zero attached hydrogens (tertiary/aromatic N) is 2. The first kappa shape index (κ1) is 21.4. The minimum Gasteiger partial charge on any atom is -0.493 e. The SMILES string of the molecule is COCCCOc1cccc(-n2c3ccccc3c3c(-c4nc5ccc(F)cc5[nH]4)cccc32)c1. The third-order valence-corrected chi connectivity index (χ3v) is 6.23. The maximum atomic E-state index is 13.8. The Morgan fingerprint density at radius 2 is 1.74 bits per heavy atom. The van der Waals surface area contributed by atoms with Crippen molar-refractivity contribution in [2.45, 2.75) is 6.42 Å². The van der Waals surface area contributed by atoms with E-state index in [9.17, 15) is 4.39 Å².